The van der Waals surface area contributed by atoms with Crippen LogP contribution in [0.1, 0.15) is 44.5 Å². The van der Waals surface area contributed by atoms with Gasteiger partial charge >= 0.3 is 0 Å². The Morgan fingerprint density at radius 1 is 1.57 bits per heavy atom. The number of imidazole rings is 1. The van der Waals surface area contributed by atoms with Gasteiger partial charge in [-0.15, -0.1) is 0 Å². The molecule has 0 bridgehead atoms. The predicted octanol–water partition coefficient (Wildman–Crippen LogP) is 2.24. The van der Waals surface area contributed by atoms with Gasteiger partial charge in [-0.25, -0.2) is 4.98 Å². The summed E-state index contributed by atoms with van der Waals surface area (Å²) in [7, 11) is 0. The van der Waals surface area contributed by atoms with E-state index >= 15 is 0 Å². The third kappa shape index (κ3) is 1.98. The van der Waals surface area contributed by atoms with Crippen molar-refractivity contribution in [1.82, 2.24) is 9.97 Å². The summed E-state index contributed by atoms with van der Waals surface area (Å²) in [6.45, 7) is 2.32. The van der Waals surface area contributed by atoms with Gasteiger partial charge in [-0.2, -0.15) is 0 Å². The minimum atomic E-state index is 0.104. The molecule has 3 atom stereocenters. The molecule has 0 amide bonds. The summed E-state index contributed by atoms with van der Waals surface area (Å²) < 4.78 is 0. The molecule has 14 heavy (non-hydrogen) atoms. The van der Waals surface area contributed by atoms with E-state index in [1.807, 2.05) is 6.20 Å². The summed E-state index contributed by atoms with van der Waals surface area (Å²) in [5.41, 5.74) is 6.18. The number of hydrogen-bond acceptors (Lipinski definition) is 2. The quantitative estimate of drug-likeness (QED) is 0.756. The number of nitrogens with two attached hydrogens (primary N) is 1. The lowest BCUT2D eigenvalue weighted by atomic mass is 9.78. The average molecular weight is 193 g/mol. The zero-order chi connectivity index (χ0) is 9.97. The van der Waals surface area contributed by atoms with Crippen molar-refractivity contribution >= 4 is 0 Å². The van der Waals surface area contributed by atoms with Crippen molar-refractivity contribution in [3.63, 3.8) is 0 Å². The van der Waals surface area contributed by atoms with Crippen molar-refractivity contribution < 1.29 is 0 Å². The first kappa shape index (κ1) is 9.71. The Balaban J connectivity index is 2.00. The third-order valence-corrected chi connectivity index (χ3v) is 3.32. The Labute approximate surface area is 85.1 Å². The maximum atomic E-state index is 6.18. The van der Waals surface area contributed by atoms with Gasteiger partial charge in [0.1, 0.15) is 5.82 Å². The molecular weight excluding hydrogens is 174 g/mol. The standard InChI is InChI=1S/C11H19N3/c1-8-3-2-4-9(7-8)10(12)11-13-5-6-14-11/h5-6,8-10H,2-4,7,12H2,1H3,(H,13,14). The van der Waals surface area contributed by atoms with Gasteiger partial charge in [0.15, 0.2) is 0 Å². The summed E-state index contributed by atoms with van der Waals surface area (Å²) in [5, 5.41) is 0. The highest BCUT2D eigenvalue weighted by Crippen LogP contribution is 2.34. The van der Waals surface area contributed by atoms with Gasteiger partial charge in [-0.05, 0) is 24.7 Å². The molecule has 1 heterocycles. The van der Waals surface area contributed by atoms with E-state index in [4.69, 9.17) is 5.73 Å². The molecule has 1 saturated carbocycles. The van der Waals surface area contributed by atoms with Crippen LogP contribution >= 0.6 is 0 Å². The molecule has 3 nitrogen and oxygen atoms in total. The number of aromatic amines is 1. The molecule has 3 N–H and O–H groups in total. The van der Waals surface area contributed by atoms with Gasteiger partial charge in [-0.3, -0.25) is 0 Å². The van der Waals surface area contributed by atoms with Gasteiger partial charge in [0, 0.05) is 12.4 Å². The first-order chi connectivity index (χ1) is 6.77. The van der Waals surface area contributed by atoms with Crippen LogP contribution in [-0.4, -0.2) is 9.97 Å². The number of hydrogen-bond donors (Lipinski definition) is 2. The molecule has 1 aromatic rings. The number of H-pyrrole nitrogens is 1. The van der Waals surface area contributed by atoms with Crippen molar-refractivity contribution in [1.29, 1.82) is 0 Å². The topological polar surface area (TPSA) is 54.7 Å². The number of rotatable bonds is 2. The second kappa shape index (κ2) is 4.13. The molecule has 0 radical (unpaired) electrons. The lowest BCUT2D eigenvalue weighted by molar-refractivity contribution is 0.244. The van der Waals surface area contributed by atoms with E-state index in [0.717, 1.165) is 11.7 Å². The number of nitrogens with one attached hydrogen (secondary N) is 1. The van der Waals surface area contributed by atoms with Crippen LogP contribution in [0, 0.1) is 11.8 Å². The van der Waals surface area contributed by atoms with Gasteiger partial charge in [-0.1, -0.05) is 19.8 Å². The normalized spacial score (nSPS) is 30.1. The largest absolute Gasteiger partial charge is 0.347 e. The van der Waals surface area contributed by atoms with Crippen molar-refractivity contribution in [2.75, 3.05) is 0 Å². The van der Waals surface area contributed by atoms with Crippen LogP contribution in [0.5, 0.6) is 0 Å². The second-order valence-electron chi connectivity index (χ2n) is 4.53. The van der Waals surface area contributed by atoms with E-state index in [2.05, 4.69) is 16.9 Å². The second-order valence-corrected chi connectivity index (χ2v) is 4.53. The van der Waals surface area contributed by atoms with E-state index in [-0.39, 0.29) is 6.04 Å². The number of nitrogens with zero attached hydrogens (tertiary/aromatic N) is 1. The molecule has 3 heteroatoms. The van der Waals surface area contributed by atoms with Crippen LogP contribution in [0.2, 0.25) is 0 Å². The van der Waals surface area contributed by atoms with Gasteiger partial charge in [0.25, 0.3) is 0 Å². The highest BCUT2D eigenvalue weighted by Gasteiger charge is 2.26. The summed E-state index contributed by atoms with van der Waals surface area (Å²) >= 11 is 0. The summed E-state index contributed by atoms with van der Waals surface area (Å²) in [4.78, 5) is 7.35. The molecule has 0 aromatic carbocycles. The number of aromatic nitrogens is 2. The third-order valence-electron chi connectivity index (χ3n) is 3.32. The fourth-order valence-electron chi connectivity index (χ4n) is 2.49. The van der Waals surface area contributed by atoms with Crippen LogP contribution in [0.3, 0.4) is 0 Å². The minimum Gasteiger partial charge on any atom is -0.347 e. The van der Waals surface area contributed by atoms with Crippen LogP contribution < -0.4 is 5.73 Å². The lowest BCUT2D eigenvalue weighted by Crippen LogP contribution is -2.27. The Morgan fingerprint density at radius 2 is 2.43 bits per heavy atom. The van der Waals surface area contributed by atoms with E-state index in [1.165, 1.54) is 25.7 Å². The molecule has 1 aliphatic rings. The zero-order valence-electron chi connectivity index (χ0n) is 8.74. The summed E-state index contributed by atoms with van der Waals surface area (Å²) in [6.07, 6.45) is 8.82. The van der Waals surface area contributed by atoms with Crippen molar-refractivity contribution in [3.05, 3.63) is 18.2 Å². The van der Waals surface area contributed by atoms with Crippen LogP contribution in [0.4, 0.5) is 0 Å². The first-order valence-electron chi connectivity index (χ1n) is 5.52. The monoisotopic (exact) mass is 193 g/mol. The molecular formula is C11H19N3. The molecule has 2 rings (SSSR count). The Morgan fingerprint density at radius 3 is 3.07 bits per heavy atom. The molecule has 1 fully saturated rings. The van der Waals surface area contributed by atoms with Crippen molar-refractivity contribution in [2.45, 2.75) is 38.6 Å². The van der Waals surface area contributed by atoms with Gasteiger partial charge in [0.05, 0.1) is 6.04 Å². The maximum absolute atomic E-state index is 6.18. The fourth-order valence-corrected chi connectivity index (χ4v) is 2.49. The van der Waals surface area contributed by atoms with E-state index in [9.17, 15) is 0 Å². The molecule has 0 aliphatic heterocycles. The zero-order valence-corrected chi connectivity index (χ0v) is 8.74. The Hall–Kier alpha value is -0.830. The van der Waals surface area contributed by atoms with Gasteiger partial charge < -0.3 is 10.7 Å². The van der Waals surface area contributed by atoms with Crippen LogP contribution in [0.15, 0.2) is 12.4 Å². The smallest absolute Gasteiger partial charge is 0.123 e. The SMILES string of the molecule is CC1CCCC(C(N)c2ncc[nH]2)C1. The maximum Gasteiger partial charge on any atom is 0.123 e. The van der Waals surface area contributed by atoms with Crippen LogP contribution in [-0.2, 0) is 0 Å². The Kier molecular flexibility index (Phi) is 2.87. The van der Waals surface area contributed by atoms with E-state index in [0.29, 0.717) is 5.92 Å². The first-order valence-corrected chi connectivity index (χ1v) is 5.52. The fraction of sp³-hybridized carbons (Fsp3) is 0.727. The average Bonchev–Trinajstić information content (AvgIpc) is 2.69. The highest BCUT2D eigenvalue weighted by atomic mass is 14.9. The molecule has 3 unspecified atom stereocenters. The van der Waals surface area contributed by atoms with Crippen LogP contribution in [0.25, 0.3) is 0 Å². The highest BCUT2D eigenvalue weighted by molar-refractivity contribution is 4.97. The van der Waals surface area contributed by atoms with Crippen molar-refractivity contribution in [2.24, 2.45) is 17.6 Å². The van der Waals surface area contributed by atoms with Crippen molar-refractivity contribution in [3.8, 4) is 0 Å². The predicted molar refractivity (Wildman–Crippen MR) is 56.6 cm³/mol. The summed E-state index contributed by atoms with van der Waals surface area (Å²) in [6, 6.07) is 0.104. The molecule has 78 valence electrons. The lowest BCUT2D eigenvalue weighted by Gasteiger charge is -2.30. The Bertz CT molecular complexity index is 268. The molecule has 0 saturated heterocycles. The van der Waals surface area contributed by atoms with Gasteiger partial charge in [0.2, 0.25) is 0 Å². The molecule has 1 aromatic heterocycles. The van der Waals surface area contributed by atoms with E-state index < -0.39 is 0 Å². The molecule has 0 spiro atoms. The minimum absolute atomic E-state index is 0.104. The molecule has 1 aliphatic carbocycles. The summed E-state index contributed by atoms with van der Waals surface area (Å²) in [5.74, 6) is 2.39. The van der Waals surface area contributed by atoms with E-state index in [1.54, 1.807) is 6.20 Å².